The van der Waals surface area contributed by atoms with Crippen molar-refractivity contribution in [1.82, 2.24) is 9.62 Å². The number of benzene rings is 1. The summed E-state index contributed by atoms with van der Waals surface area (Å²) >= 11 is 5.04. The monoisotopic (exact) mass is 428 g/mol. The molecule has 7 heteroatoms. The van der Waals surface area contributed by atoms with Crippen LogP contribution in [0.2, 0.25) is 0 Å². The van der Waals surface area contributed by atoms with Gasteiger partial charge in [-0.15, -0.1) is 0 Å². The lowest BCUT2D eigenvalue weighted by molar-refractivity contribution is 0.179. The van der Waals surface area contributed by atoms with Gasteiger partial charge in [0.25, 0.3) is 0 Å². The van der Waals surface area contributed by atoms with E-state index in [2.05, 4.69) is 42.4 Å². The quantitative estimate of drug-likeness (QED) is 0.762. The van der Waals surface area contributed by atoms with Crippen molar-refractivity contribution in [2.24, 2.45) is 5.92 Å². The fourth-order valence-electron chi connectivity index (χ4n) is 2.96. The highest BCUT2D eigenvalue weighted by Gasteiger charge is 2.23. The zero-order valence-corrected chi connectivity index (χ0v) is 16.5. The molecule has 0 aliphatic carbocycles. The molecule has 3 rings (SSSR count). The number of nitrogens with zero attached hydrogens (tertiary/aromatic N) is 1. The Kier molecular flexibility index (Phi) is 6.10. The smallest absolute Gasteiger partial charge is 0.241 e. The number of hydrogen-bond acceptors (Lipinski definition) is 4. The molecule has 2 aromatic rings. The van der Waals surface area contributed by atoms with E-state index in [4.69, 9.17) is 0 Å². The van der Waals surface area contributed by atoms with Gasteiger partial charge in [0.2, 0.25) is 10.0 Å². The topological polar surface area (TPSA) is 49.4 Å². The summed E-state index contributed by atoms with van der Waals surface area (Å²) in [4.78, 5) is 2.75. The van der Waals surface area contributed by atoms with Gasteiger partial charge in [0.05, 0.1) is 4.90 Å². The first-order valence-corrected chi connectivity index (χ1v) is 11.2. The minimum Gasteiger partial charge on any atom is -0.299 e. The summed E-state index contributed by atoms with van der Waals surface area (Å²) < 4.78 is 28.2. The lowest BCUT2D eigenvalue weighted by Crippen LogP contribution is -2.38. The van der Waals surface area contributed by atoms with Crippen LogP contribution < -0.4 is 4.72 Å². The van der Waals surface area contributed by atoms with Gasteiger partial charge in [-0.2, -0.15) is 11.3 Å². The Hall–Kier alpha value is -0.730. The third kappa shape index (κ3) is 4.67. The Morgan fingerprint density at radius 2 is 1.96 bits per heavy atom. The van der Waals surface area contributed by atoms with Crippen LogP contribution in [0.25, 0.3) is 0 Å². The van der Waals surface area contributed by atoms with Gasteiger partial charge in [-0.3, -0.25) is 4.90 Å². The van der Waals surface area contributed by atoms with Crippen molar-refractivity contribution >= 4 is 37.3 Å². The van der Waals surface area contributed by atoms with E-state index in [-0.39, 0.29) is 0 Å². The second-order valence-electron chi connectivity index (χ2n) is 6.13. The van der Waals surface area contributed by atoms with Crippen LogP contribution in [-0.4, -0.2) is 33.0 Å². The number of nitrogens with one attached hydrogen (secondary N) is 1. The molecule has 1 aromatic heterocycles. The summed E-state index contributed by atoms with van der Waals surface area (Å²) in [5, 5.41) is 4.30. The number of thiophene rings is 1. The van der Waals surface area contributed by atoms with Gasteiger partial charge < -0.3 is 0 Å². The van der Waals surface area contributed by atoms with Crippen LogP contribution in [0.1, 0.15) is 18.4 Å². The molecule has 0 amide bonds. The molecule has 1 fully saturated rings. The SMILES string of the molecule is O=S(=O)(NCC1CCN(Cc2ccsc2)CC1)c1ccccc1Br. The van der Waals surface area contributed by atoms with Crippen molar-refractivity contribution < 1.29 is 8.42 Å². The van der Waals surface area contributed by atoms with E-state index in [1.165, 1.54) is 5.56 Å². The molecule has 0 bridgehead atoms. The summed E-state index contributed by atoms with van der Waals surface area (Å²) in [6.45, 7) is 3.56. The summed E-state index contributed by atoms with van der Waals surface area (Å²) in [6, 6.07) is 9.09. The fraction of sp³-hybridized carbons (Fsp3) is 0.412. The molecule has 0 unspecified atom stereocenters. The maximum Gasteiger partial charge on any atom is 0.241 e. The maximum atomic E-state index is 12.4. The van der Waals surface area contributed by atoms with E-state index in [0.717, 1.165) is 32.5 Å². The molecule has 0 radical (unpaired) electrons. The molecule has 1 aliphatic heterocycles. The van der Waals surface area contributed by atoms with Gasteiger partial charge in [-0.1, -0.05) is 12.1 Å². The van der Waals surface area contributed by atoms with Crippen LogP contribution in [0.5, 0.6) is 0 Å². The number of sulfonamides is 1. The van der Waals surface area contributed by atoms with Gasteiger partial charge in [-0.05, 0) is 82.3 Å². The summed E-state index contributed by atoms with van der Waals surface area (Å²) in [6.07, 6.45) is 2.06. The Bertz CT molecular complexity index is 755. The molecule has 2 heterocycles. The highest BCUT2D eigenvalue weighted by Crippen LogP contribution is 2.23. The summed E-state index contributed by atoms with van der Waals surface area (Å²) in [5.41, 5.74) is 1.37. The number of piperidine rings is 1. The zero-order valence-electron chi connectivity index (χ0n) is 13.3. The normalized spacial score (nSPS) is 17.2. The maximum absolute atomic E-state index is 12.4. The molecule has 24 heavy (non-hydrogen) atoms. The predicted octanol–water partition coefficient (Wildman–Crippen LogP) is 3.70. The minimum atomic E-state index is -3.45. The summed E-state index contributed by atoms with van der Waals surface area (Å²) in [5.74, 6) is 0.404. The van der Waals surface area contributed by atoms with Crippen molar-refractivity contribution in [3.8, 4) is 0 Å². The third-order valence-corrected chi connectivity index (χ3v) is 7.55. The van der Waals surface area contributed by atoms with E-state index in [1.807, 2.05) is 6.07 Å². The van der Waals surface area contributed by atoms with Crippen LogP contribution in [0, 0.1) is 5.92 Å². The second-order valence-corrected chi connectivity index (χ2v) is 9.50. The number of likely N-dealkylation sites (tertiary alicyclic amines) is 1. The zero-order chi connectivity index (χ0) is 17.0. The van der Waals surface area contributed by atoms with Crippen molar-refractivity contribution in [3.63, 3.8) is 0 Å². The first kappa shape index (κ1) is 18.1. The van der Waals surface area contributed by atoms with Crippen molar-refractivity contribution in [3.05, 3.63) is 51.1 Å². The highest BCUT2D eigenvalue weighted by atomic mass is 79.9. The third-order valence-electron chi connectivity index (χ3n) is 4.38. The van der Waals surface area contributed by atoms with Crippen LogP contribution >= 0.6 is 27.3 Å². The Morgan fingerprint density at radius 1 is 1.21 bits per heavy atom. The van der Waals surface area contributed by atoms with E-state index >= 15 is 0 Å². The van der Waals surface area contributed by atoms with Crippen LogP contribution in [0.4, 0.5) is 0 Å². The molecule has 0 spiro atoms. The highest BCUT2D eigenvalue weighted by molar-refractivity contribution is 9.10. The van der Waals surface area contributed by atoms with E-state index in [1.54, 1.807) is 29.5 Å². The number of halogens is 1. The fourth-order valence-corrected chi connectivity index (χ4v) is 5.73. The molecule has 130 valence electrons. The van der Waals surface area contributed by atoms with Gasteiger partial charge in [0.1, 0.15) is 0 Å². The largest absolute Gasteiger partial charge is 0.299 e. The van der Waals surface area contributed by atoms with Gasteiger partial charge in [0.15, 0.2) is 0 Å². The van der Waals surface area contributed by atoms with Gasteiger partial charge in [0, 0.05) is 17.6 Å². The van der Waals surface area contributed by atoms with Gasteiger partial charge >= 0.3 is 0 Å². The minimum absolute atomic E-state index is 0.305. The first-order valence-electron chi connectivity index (χ1n) is 8.02. The lowest BCUT2D eigenvalue weighted by atomic mass is 9.97. The standard InChI is InChI=1S/C17H21BrN2O2S2/c18-16-3-1-2-4-17(16)24(21,22)19-11-14-5-8-20(9-6-14)12-15-7-10-23-13-15/h1-4,7,10,13-14,19H,5-6,8-9,11-12H2. The van der Waals surface area contributed by atoms with E-state index in [9.17, 15) is 8.42 Å². The molecular formula is C17H21BrN2O2S2. The average molecular weight is 429 g/mol. The predicted molar refractivity (Wildman–Crippen MR) is 102 cm³/mol. The van der Waals surface area contributed by atoms with E-state index in [0.29, 0.717) is 21.8 Å². The summed E-state index contributed by atoms with van der Waals surface area (Å²) in [7, 11) is -3.45. The Morgan fingerprint density at radius 3 is 2.62 bits per heavy atom. The van der Waals surface area contributed by atoms with Gasteiger partial charge in [-0.25, -0.2) is 13.1 Å². The Balaban J connectivity index is 1.49. The average Bonchev–Trinajstić information content (AvgIpc) is 3.07. The molecule has 0 saturated carbocycles. The lowest BCUT2D eigenvalue weighted by Gasteiger charge is -2.31. The molecule has 0 atom stereocenters. The molecular weight excluding hydrogens is 408 g/mol. The molecule has 4 nitrogen and oxygen atoms in total. The van der Waals surface area contributed by atoms with Crippen molar-refractivity contribution in [1.29, 1.82) is 0 Å². The van der Waals surface area contributed by atoms with Crippen LogP contribution in [0.3, 0.4) is 0 Å². The Labute approximate surface area is 156 Å². The molecule has 1 saturated heterocycles. The molecule has 1 N–H and O–H groups in total. The number of rotatable bonds is 6. The molecule has 1 aromatic carbocycles. The number of hydrogen-bond donors (Lipinski definition) is 1. The van der Waals surface area contributed by atoms with Crippen LogP contribution in [0.15, 0.2) is 50.5 Å². The second kappa shape index (κ2) is 8.10. The first-order chi connectivity index (χ1) is 11.5. The van der Waals surface area contributed by atoms with Crippen molar-refractivity contribution in [2.75, 3.05) is 19.6 Å². The molecule has 1 aliphatic rings. The van der Waals surface area contributed by atoms with E-state index < -0.39 is 10.0 Å². The van der Waals surface area contributed by atoms with Crippen LogP contribution in [-0.2, 0) is 16.6 Å². The van der Waals surface area contributed by atoms with Crippen molar-refractivity contribution in [2.45, 2.75) is 24.3 Å².